The molecule has 0 spiro atoms. The lowest BCUT2D eigenvalue weighted by Crippen LogP contribution is -2.38. The van der Waals surface area contributed by atoms with Gasteiger partial charge in [-0.2, -0.15) is 0 Å². The zero-order valence-corrected chi connectivity index (χ0v) is 25.3. The summed E-state index contributed by atoms with van der Waals surface area (Å²) >= 11 is 4.90. The molecule has 0 fully saturated rings. The molecular formula is C35H27BrN2O3S. The molecule has 42 heavy (non-hydrogen) atoms. The Kier molecular flexibility index (Phi) is 7.14. The molecule has 1 unspecified atom stereocenters. The predicted octanol–water partition coefficient (Wildman–Crippen LogP) is 6.67. The molecule has 2 heterocycles. The van der Waals surface area contributed by atoms with Crippen molar-refractivity contribution in [3.8, 4) is 11.5 Å². The summed E-state index contributed by atoms with van der Waals surface area (Å²) in [4.78, 5) is 19.9. The molecule has 208 valence electrons. The summed E-state index contributed by atoms with van der Waals surface area (Å²) < 4.78 is 15.2. The third kappa shape index (κ3) is 5.03. The summed E-state index contributed by atoms with van der Waals surface area (Å²) in [5, 5.41) is 0. The van der Waals surface area contributed by atoms with Gasteiger partial charge in [-0.3, -0.25) is 9.36 Å². The third-order valence-corrected chi connectivity index (χ3v) is 9.27. The van der Waals surface area contributed by atoms with Crippen LogP contribution in [0.1, 0.15) is 40.3 Å². The van der Waals surface area contributed by atoms with Gasteiger partial charge in [0.15, 0.2) is 4.80 Å². The zero-order chi connectivity index (χ0) is 28.6. The minimum absolute atomic E-state index is 0.0434. The van der Waals surface area contributed by atoms with Crippen molar-refractivity contribution in [2.24, 2.45) is 4.99 Å². The van der Waals surface area contributed by atoms with Crippen molar-refractivity contribution in [1.29, 1.82) is 0 Å². The second kappa shape index (κ2) is 11.2. The molecule has 0 bridgehead atoms. The highest BCUT2D eigenvalue weighted by Gasteiger charge is 2.32. The fourth-order valence-electron chi connectivity index (χ4n) is 5.73. The lowest BCUT2D eigenvalue weighted by molar-refractivity contribution is 0.306. The molecular weight excluding hydrogens is 608 g/mol. The first-order chi connectivity index (χ1) is 20.6. The lowest BCUT2D eigenvalue weighted by Gasteiger charge is -2.31. The van der Waals surface area contributed by atoms with Gasteiger partial charge in [0, 0.05) is 10.0 Å². The van der Waals surface area contributed by atoms with Crippen molar-refractivity contribution in [1.82, 2.24) is 4.57 Å². The number of aryl methyl sites for hydroxylation is 1. The number of thiazole rings is 1. The molecule has 1 aliphatic carbocycles. The number of methoxy groups -OCH3 is 1. The SMILES string of the molecule is COc1cccc(C2C3=C(N=c4s/c(=C/c5cccc(OCc6ccc(Br)cc6)c5)c(=O)n42)c2ccccc2CC3)c1. The number of ether oxygens (including phenoxy) is 2. The second-order valence-corrected chi connectivity index (χ2v) is 12.3. The van der Waals surface area contributed by atoms with Gasteiger partial charge in [-0.1, -0.05) is 87.9 Å². The van der Waals surface area contributed by atoms with Gasteiger partial charge in [-0.25, -0.2) is 4.99 Å². The minimum atomic E-state index is -0.248. The maximum Gasteiger partial charge on any atom is 0.271 e. The Bertz CT molecular complexity index is 2020. The molecule has 0 saturated carbocycles. The highest BCUT2D eigenvalue weighted by molar-refractivity contribution is 9.10. The van der Waals surface area contributed by atoms with Crippen molar-refractivity contribution in [2.45, 2.75) is 25.5 Å². The molecule has 0 saturated heterocycles. The predicted molar refractivity (Wildman–Crippen MR) is 171 cm³/mol. The molecule has 0 amide bonds. The van der Waals surface area contributed by atoms with Crippen molar-refractivity contribution in [3.05, 3.63) is 155 Å². The summed E-state index contributed by atoms with van der Waals surface area (Å²) in [6, 6.07) is 32.2. The van der Waals surface area contributed by atoms with E-state index in [0.717, 1.165) is 56.8 Å². The van der Waals surface area contributed by atoms with E-state index in [4.69, 9.17) is 14.5 Å². The van der Waals surface area contributed by atoms with E-state index in [1.807, 2.05) is 77.4 Å². The zero-order valence-electron chi connectivity index (χ0n) is 22.9. The largest absolute Gasteiger partial charge is 0.497 e. The molecule has 1 atom stereocenters. The van der Waals surface area contributed by atoms with E-state index in [-0.39, 0.29) is 11.6 Å². The number of hydrogen-bond donors (Lipinski definition) is 0. The number of fused-ring (bicyclic) bond motifs is 3. The van der Waals surface area contributed by atoms with Crippen LogP contribution in [0.25, 0.3) is 11.8 Å². The summed E-state index contributed by atoms with van der Waals surface area (Å²) in [5.74, 6) is 1.52. The third-order valence-electron chi connectivity index (χ3n) is 7.76. The number of aromatic nitrogens is 1. The number of hydrogen-bond acceptors (Lipinski definition) is 5. The average Bonchev–Trinajstić information content (AvgIpc) is 3.33. The van der Waals surface area contributed by atoms with Crippen LogP contribution in [0.3, 0.4) is 0 Å². The molecule has 5 aromatic rings. The Labute approximate surface area is 255 Å². The van der Waals surface area contributed by atoms with Gasteiger partial charge in [0.05, 0.1) is 23.4 Å². The summed E-state index contributed by atoms with van der Waals surface area (Å²) in [5.41, 5.74) is 7.57. The van der Waals surface area contributed by atoms with Gasteiger partial charge >= 0.3 is 0 Å². The fourth-order valence-corrected chi connectivity index (χ4v) is 6.99. The Morgan fingerprint density at radius 2 is 1.76 bits per heavy atom. The Hall–Kier alpha value is -4.20. The number of halogens is 1. The molecule has 4 aromatic carbocycles. The molecule has 0 radical (unpaired) electrons. The van der Waals surface area contributed by atoms with Gasteiger partial charge in [0.2, 0.25) is 0 Å². The van der Waals surface area contributed by atoms with Crippen molar-refractivity contribution < 1.29 is 9.47 Å². The van der Waals surface area contributed by atoms with Crippen LogP contribution >= 0.6 is 27.3 Å². The van der Waals surface area contributed by atoms with Crippen LogP contribution in [-0.4, -0.2) is 11.7 Å². The van der Waals surface area contributed by atoms with E-state index in [0.29, 0.717) is 15.9 Å². The van der Waals surface area contributed by atoms with Crippen molar-refractivity contribution in [3.63, 3.8) is 0 Å². The first-order valence-electron chi connectivity index (χ1n) is 13.8. The topological polar surface area (TPSA) is 52.8 Å². The molecule has 0 N–H and O–H groups in total. The standard InChI is InChI=1S/C35H27BrN2O3S/c1-40-27-9-5-8-25(20-27)33-30-17-14-24-7-2-3-11-29(24)32(30)37-35-38(33)34(39)31(42-35)19-23-6-4-10-28(18-23)41-21-22-12-15-26(36)16-13-22/h2-13,15-16,18-20,33H,14,17,21H2,1H3/b31-19+. The van der Waals surface area contributed by atoms with Gasteiger partial charge in [-0.15, -0.1) is 0 Å². The van der Waals surface area contributed by atoms with Gasteiger partial charge in [0.25, 0.3) is 5.56 Å². The number of nitrogens with zero attached hydrogens (tertiary/aromatic N) is 2. The van der Waals surface area contributed by atoms with Gasteiger partial charge < -0.3 is 9.47 Å². The smallest absolute Gasteiger partial charge is 0.271 e. The van der Waals surface area contributed by atoms with Crippen LogP contribution in [0.5, 0.6) is 11.5 Å². The average molecular weight is 636 g/mol. The van der Waals surface area contributed by atoms with E-state index in [2.05, 4.69) is 46.3 Å². The van der Waals surface area contributed by atoms with E-state index in [1.54, 1.807) is 7.11 Å². The van der Waals surface area contributed by atoms with Crippen molar-refractivity contribution in [2.75, 3.05) is 7.11 Å². The first kappa shape index (κ1) is 26.7. The fraction of sp³-hybridized carbons (Fsp3) is 0.143. The number of allylic oxidation sites excluding steroid dienone is 1. The van der Waals surface area contributed by atoms with Gasteiger partial charge in [0.1, 0.15) is 18.1 Å². The molecule has 5 nitrogen and oxygen atoms in total. The van der Waals surface area contributed by atoms with Crippen molar-refractivity contribution >= 4 is 39.0 Å². The van der Waals surface area contributed by atoms with Crippen LogP contribution in [0.15, 0.2) is 117 Å². The minimum Gasteiger partial charge on any atom is -0.497 e. The Morgan fingerprint density at radius 1 is 0.952 bits per heavy atom. The Balaban J connectivity index is 1.31. The maximum atomic E-state index is 14.1. The normalized spacial score (nSPS) is 15.9. The first-order valence-corrected chi connectivity index (χ1v) is 15.4. The van der Waals surface area contributed by atoms with Crippen LogP contribution in [-0.2, 0) is 13.0 Å². The number of benzene rings is 4. The quantitative estimate of drug-likeness (QED) is 0.210. The highest BCUT2D eigenvalue weighted by Crippen LogP contribution is 2.41. The van der Waals surface area contributed by atoms with Crippen LogP contribution in [0.4, 0.5) is 0 Å². The Morgan fingerprint density at radius 3 is 2.62 bits per heavy atom. The van der Waals surface area contributed by atoms with Gasteiger partial charge in [-0.05, 0) is 83.1 Å². The molecule has 1 aromatic heterocycles. The molecule has 1 aliphatic heterocycles. The lowest BCUT2D eigenvalue weighted by atomic mass is 9.83. The van der Waals surface area contributed by atoms with E-state index >= 15 is 0 Å². The summed E-state index contributed by atoms with van der Waals surface area (Å²) in [6.45, 7) is 0.465. The molecule has 7 heteroatoms. The summed E-state index contributed by atoms with van der Waals surface area (Å²) in [6.07, 6.45) is 3.71. The second-order valence-electron chi connectivity index (χ2n) is 10.4. The highest BCUT2D eigenvalue weighted by atomic mass is 79.9. The number of rotatable bonds is 6. The molecule has 7 rings (SSSR count). The van der Waals surface area contributed by atoms with Crippen LogP contribution in [0.2, 0.25) is 0 Å². The van der Waals surface area contributed by atoms with E-state index in [1.165, 1.54) is 22.5 Å². The van der Waals surface area contributed by atoms with E-state index in [9.17, 15) is 4.79 Å². The van der Waals surface area contributed by atoms with Crippen LogP contribution in [0, 0.1) is 0 Å². The molecule has 2 aliphatic rings. The maximum absolute atomic E-state index is 14.1. The summed E-state index contributed by atoms with van der Waals surface area (Å²) in [7, 11) is 1.67. The monoisotopic (exact) mass is 634 g/mol. The van der Waals surface area contributed by atoms with Crippen LogP contribution < -0.4 is 24.4 Å². The van der Waals surface area contributed by atoms with E-state index < -0.39 is 0 Å².